The van der Waals surface area contributed by atoms with Gasteiger partial charge in [-0.15, -0.1) is 0 Å². The molecule has 0 saturated carbocycles. The summed E-state index contributed by atoms with van der Waals surface area (Å²) in [6.07, 6.45) is 1.79. The first-order valence-electron chi connectivity index (χ1n) is 5.44. The summed E-state index contributed by atoms with van der Waals surface area (Å²) in [7, 11) is 0. The maximum absolute atomic E-state index is 11.9. The van der Waals surface area contributed by atoms with E-state index >= 15 is 0 Å². The molecule has 1 saturated heterocycles. The molecule has 4 heteroatoms. The number of likely N-dealkylation sites (N-methyl/N-ethyl adjacent to an activating group) is 1. The highest BCUT2D eigenvalue weighted by Crippen LogP contribution is 2.32. The van der Waals surface area contributed by atoms with Crippen LogP contribution in [0.2, 0.25) is 0 Å². The summed E-state index contributed by atoms with van der Waals surface area (Å²) in [4.78, 5) is 25.2. The summed E-state index contributed by atoms with van der Waals surface area (Å²) in [6.45, 7) is 4.21. The largest absolute Gasteiger partial charge is 0.293 e. The monoisotopic (exact) mass is 247 g/mol. The molecular formula is C13H13NO2S. The van der Waals surface area contributed by atoms with Crippen molar-refractivity contribution in [2.75, 3.05) is 6.54 Å². The number of hydrogen-bond acceptors (Lipinski definition) is 3. The van der Waals surface area contributed by atoms with Gasteiger partial charge >= 0.3 is 0 Å². The molecule has 17 heavy (non-hydrogen) atoms. The molecule has 0 bridgehead atoms. The van der Waals surface area contributed by atoms with Crippen molar-refractivity contribution in [1.29, 1.82) is 0 Å². The molecule has 3 nitrogen and oxygen atoms in total. The van der Waals surface area contributed by atoms with Crippen molar-refractivity contribution < 1.29 is 9.59 Å². The molecule has 0 aromatic heterocycles. The number of carbonyl (C=O) groups excluding carboxylic acids is 2. The first-order valence-corrected chi connectivity index (χ1v) is 6.26. The second-order valence-corrected chi connectivity index (χ2v) is 4.78. The third-order valence-electron chi connectivity index (χ3n) is 2.66. The maximum atomic E-state index is 11.9. The average molecular weight is 247 g/mol. The molecule has 2 rings (SSSR count). The molecule has 0 radical (unpaired) electrons. The average Bonchev–Trinajstić information content (AvgIpc) is 2.57. The minimum atomic E-state index is -0.189. The third kappa shape index (κ3) is 2.26. The fourth-order valence-electron chi connectivity index (χ4n) is 1.66. The van der Waals surface area contributed by atoms with Gasteiger partial charge in [-0.2, -0.15) is 0 Å². The van der Waals surface area contributed by atoms with E-state index in [0.29, 0.717) is 11.4 Å². The van der Waals surface area contributed by atoms with Crippen LogP contribution in [0.15, 0.2) is 29.2 Å². The molecule has 1 heterocycles. The Labute approximate surface area is 104 Å². The van der Waals surface area contributed by atoms with E-state index in [0.717, 1.165) is 22.9 Å². The van der Waals surface area contributed by atoms with E-state index in [2.05, 4.69) is 0 Å². The van der Waals surface area contributed by atoms with Crippen molar-refractivity contribution >= 4 is 29.0 Å². The first-order chi connectivity index (χ1) is 8.13. The molecule has 1 aromatic carbocycles. The molecule has 88 valence electrons. The topological polar surface area (TPSA) is 37.4 Å². The summed E-state index contributed by atoms with van der Waals surface area (Å²) in [6, 6.07) is 7.79. The highest BCUT2D eigenvalue weighted by atomic mass is 32.2. The predicted molar refractivity (Wildman–Crippen MR) is 69.5 cm³/mol. The summed E-state index contributed by atoms with van der Waals surface area (Å²) < 4.78 is 0. The summed E-state index contributed by atoms with van der Waals surface area (Å²) >= 11 is 1.01. The van der Waals surface area contributed by atoms with Gasteiger partial charge in [0.2, 0.25) is 0 Å². The van der Waals surface area contributed by atoms with Crippen LogP contribution >= 0.6 is 11.8 Å². The van der Waals surface area contributed by atoms with E-state index in [-0.39, 0.29) is 11.1 Å². The van der Waals surface area contributed by atoms with E-state index in [9.17, 15) is 9.59 Å². The zero-order valence-electron chi connectivity index (χ0n) is 9.77. The lowest BCUT2D eigenvalue weighted by Crippen LogP contribution is -2.27. The van der Waals surface area contributed by atoms with Crippen molar-refractivity contribution in [2.45, 2.75) is 13.8 Å². The standard InChI is InChI=1S/C13H13NO2S/c1-3-14-12(15)11(17-13(14)16)8-10-7-5-4-6-9(10)2/h4-8H,3H2,1-2H3/b11-8-. The number of aryl methyl sites for hydroxylation is 1. The number of rotatable bonds is 2. The molecule has 1 aliphatic heterocycles. The van der Waals surface area contributed by atoms with E-state index in [4.69, 9.17) is 0 Å². The quantitative estimate of drug-likeness (QED) is 0.754. The van der Waals surface area contributed by atoms with Crippen LogP contribution in [0.4, 0.5) is 4.79 Å². The number of imide groups is 1. The van der Waals surface area contributed by atoms with Crippen molar-refractivity contribution in [3.8, 4) is 0 Å². The number of nitrogens with zero attached hydrogens (tertiary/aromatic N) is 1. The molecule has 1 fully saturated rings. The summed E-state index contributed by atoms with van der Waals surface area (Å²) in [5, 5.41) is -0.183. The maximum Gasteiger partial charge on any atom is 0.293 e. The number of amides is 2. The van der Waals surface area contributed by atoms with Gasteiger partial charge in [-0.3, -0.25) is 14.5 Å². The van der Waals surface area contributed by atoms with Crippen LogP contribution in [0.25, 0.3) is 6.08 Å². The van der Waals surface area contributed by atoms with Crippen molar-refractivity contribution in [1.82, 2.24) is 4.90 Å². The van der Waals surface area contributed by atoms with Gasteiger partial charge in [0.05, 0.1) is 4.91 Å². The summed E-state index contributed by atoms with van der Waals surface area (Å²) in [5.41, 5.74) is 2.07. The molecule has 0 unspecified atom stereocenters. The lowest BCUT2D eigenvalue weighted by atomic mass is 10.1. The van der Waals surface area contributed by atoms with Gasteiger partial charge in [0.15, 0.2) is 0 Å². The van der Waals surface area contributed by atoms with Crippen LogP contribution in [0.5, 0.6) is 0 Å². The second-order valence-electron chi connectivity index (χ2n) is 3.78. The van der Waals surface area contributed by atoms with E-state index in [1.807, 2.05) is 31.2 Å². The minimum absolute atomic E-state index is 0.183. The fourth-order valence-corrected chi connectivity index (χ4v) is 2.56. The number of thioether (sulfide) groups is 1. The molecule has 2 amide bonds. The lowest BCUT2D eigenvalue weighted by molar-refractivity contribution is -0.122. The van der Waals surface area contributed by atoms with Crippen LogP contribution in [0.3, 0.4) is 0 Å². The Kier molecular flexibility index (Phi) is 3.33. The molecule has 0 atom stereocenters. The SMILES string of the molecule is CCN1C(=O)S/C(=C\c2ccccc2C)C1=O. The van der Waals surface area contributed by atoms with Gasteiger partial charge in [-0.05, 0) is 42.8 Å². The Hall–Kier alpha value is -1.55. The Morgan fingerprint density at radius 1 is 1.29 bits per heavy atom. The Morgan fingerprint density at radius 2 is 2.00 bits per heavy atom. The zero-order chi connectivity index (χ0) is 12.4. The van der Waals surface area contributed by atoms with Crippen molar-refractivity contribution in [3.63, 3.8) is 0 Å². The number of carbonyl (C=O) groups is 2. The highest BCUT2D eigenvalue weighted by Gasteiger charge is 2.33. The Bertz CT molecular complexity index is 508. The molecule has 1 aromatic rings. The van der Waals surface area contributed by atoms with Crippen LogP contribution in [-0.4, -0.2) is 22.6 Å². The van der Waals surface area contributed by atoms with E-state index in [1.165, 1.54) is 4.90 Å². The fraction of sp³-hybridized carbons (Fsp3) is 0.231. The van der Waals surface area contributed by atoms with E-state index < -0.39 is 0 Å². The van der Waals surface area contributed by atoms with Gasteiger partial charge in [-0.1, -0.05) is 24.3 Å². The molecular weight excluding hydrogens is 234 g/mol. The minimum Gasteiger partial charge on any atom is -0.269 e. The predicted octanol–water partition coefficient (Wildman–Crippen LogP) is 3.05. The van der Waals surface area contributed by atoms with Crippen molar-refractivity contribution in [3.05, 3.63) is 40.3 Å². The third-order valence-corrected chi connectivity index (χ3v) is 3.57. The van der Waals surface area contributed by atoms with Gasteiger partial charge in [0.1, 0.15) is 0 Å². The molecule has 0 N–H and O–H groups in total. The highest BCUT2D eigenvalue weighted by molar-refractivity contribution is 8.18. The Balaban J connectivity index is 2.34. The van der Waals surface area contributed by atoms with Gasteiger partial charge in [0.25, 0.3) is 11.1 Å². The normalized spacial score (nSPS) is 18.2. The van der Waals surface area contributed by atoms with Gasteiger partial charge < -0.3 is 0 Å². The smallest absolute Gasteiger partial charge is 0.269 e. The lowest BCUT2D eigenvalue weighted by Gasteiger charge is -2.07. The Morgan fingerprint density at radius 3 is 2.59 bits per heavy atom. The van der Waals surface area contributed by atoms with Gasteiger partial charge in [-0.25, -0.2) is 0 Å². The number of hydrogen-bond donors (Lipinski definition) is 0. The molecule has 0 aliphatic carbocycles. The number of benzene rings is 1. The molecule has 0 spiro atoms. The van der Waals surface area contributed by atoms with Crippen LogP contribution < -0.4 is 0 Å². The second kappa shape index (κ2) is 4.75. The van der Waals surface area contributed by atoms with Gasteiger partial charge in [0, 0.05) is 6.54 Å². The van der Waals surface area contributed by atoms with Crippen LogP contribution in [0, 0.1) is 6.92 Å². The van der Waals surface area contributed by atoms with Crippen molar-refractivity contribution in [2.24, 2.45) is 0 Å². The van der Waals surface area contributed by atoms with Crippen LogP contribution in [0.1, 0.15) is 18.1 Å². The zero-order valence-corrected chi connectivity index (χ0v) is 10.6. The molecule has 1 aliphatic rings. The van der Waals surface area contributed by atoms with Crippen LogP contribution in [-0.2, 0) is 4.79 Å². The van der Waals surface area contributed by atoms with E-state index in [1.54, 1.807) is 13.0 Å². The summed E-state index contributed by atoms with van der Waals surface area (Å²) in [5.74, 6) is -0.189. The first kappa shape index (κ1) is 11.9.